The van der Waals surface area contributed by atoms with E-state index >= 15 is 0 Å². The van der Waals surface area contributed by atoms with E-state index in [1.54, 1.807) is 0 Å². The van der Waals surface area contributed by atoms with Crippen LogP contribution in [0.25, 0.3) is 0 Å². The van der Waals surface area contributed by atoms with Crippen LogP contribution in [-0.2, 0) is 3.93 Å². The van der Waals surface area contributed by atoms with Gasteiger partial charge in [-0.3, -0.25) is 0 Å². The highest BCUT2D eigenvalue weighted by molar-refractivity contribution is 14.1. The molecule has 0 spiro atoms. The van der Waals surface area contributed by atoms with Crippen molar-refractivity contribution < 1.29 is 8.78 Å². The van der Waals surface area contributed by atoms with Crippen molar-refractivity contribution in [2.24, 2.45) is 0 Å². The Balaban J connectivity index is 2.90. The second-order valence-electron chi connectivity index (χ2n) is 1.23. The molecule has 0 aromatic carbocycles. The molecule has 1 aromatic rings. The molecule has 0 unspecified atom stereocenters. The average Bonchev–Trinajstić information content (AvgIpc) is 2.08. The second kappa shape index (κ2) is 2.12. The molecule has 0 aliphatic heterocycles. The highest BCUT2D eigenvalue weighted by atomic mass is 127. The monoisotopic (exact) mass is 246 g/mol. The van der Waals surface area contributed by atoms with Gasteiger partial charge in [0, 0.05) is 22.6 Å². The number of alkyl halides is 3. The van der Waals surface area contributed by atoms with Crippen LogP contribution in [-0.4, -0.2) is 20.6 Å². The predicted octanol–water partition coefficient (Wildman–Crippen LogP) is 0.684. The third-order valence-electron chi connectivity index (χ3n) is 0.599. The van der Waals surface area contributed by atoms with Crippen LogP contribution in [0, 0.1) is 0 Å². The lowest BCUT2D eigenvalue weighted by Crippen LogP contribution is -2.04. The first-order valence-corrected chi connectivity index (χ1v) is 2.99. The minimum atomic E-state index is -3.02. The van der Waals surface area contributed by atoms with E-state index in [4.69, 9.17) is 0 Å². The Bertz CT molecular complexity index is 179. The van der Waals surface area contributed by atoms with Gasteiger partial charge in [0.05, 0.1) is 0 Å². The van der Waals surface area contributed by atoms with Gasteiger partial charge in [-0.15, -0.1) is 10.2 Å². The summed E-state index contributed by atoms with van der Waals surface area (Å²) in [5.74, 6) is -0.594. The van der Waals surface area contributed by atoms with Gasteiger partial charge in [-0.2, -0.15) is 14.0 Å². The fraction of sp³-hybridized carbons (Fsp3) is 0.500. The molecule has 7 heteroatoms. The van der Waals surface area contributed by atoms with Crippen molar-refractivity contribution in [3.8, 4) is 0 Å². The molecule has 0 atom stereocenters. The first-order valence-electron chi connectivity index (χ1n) is 1.91. The summed E-state index contributed by atoms with van der Waals surface area (Å²) in [6.07, 6.45) is 0. The standard InChI is InChI=1S/C2HF2IN4/c3-2(4,5)1-6-8-9-7-1/h(H,6,7,8,9). The van der Waals surface area contributed by atoms with Crippen LogP contribution < -0.4 is 0 Å². The molecule has 50 valence electrons. The Morgan fingerprint density at radius 3 is 2.44 bits per heavy atom. The van der Waals surface area contributed by atoms with Gasteiger partial charge in [0.15, 0.2) is 0 Å². The molecule has 4 nitrogen and oxygen atoms in total. The third kappa shape index (κ3) is 1.53. The molecule has 0 aliphatic rings. The van der Waals surface area contributed by atoms with Crippen LogP contribution in [0.15, 0.2) is 0 Å². The van der Waals surface area contributed by atoms with E-state index in [9.17, 15) is 8.78 Å². The Kier molecular flexibility index (Phi) is 1.60. The summed E-state index contributed by atoms with van der Waals surface area (Å²) in [5, 5.41) is 11.1. The molecule has 0 aliphatic carbocycles. The zero-order valence-electron chi connectivity index (χ0n) is 3.98. The molecule has 0 fully saturated rings. The minimum absolute atomic E-state index is 0.594. The van der Waals surface area contributed by atoms with Crippen LogP contribution in [0.2, 0.25) is 0 Å². The number of aromatic amines is 1. The van der Waals surface area contributed by atoms with E-state index < -0.39 is 9.75 Å². The normalized spacial score (nSPS) is 11.9. The van der Waals surface area contributed by atoms with E-state index in [-0.39, 0.29) is 0 Å². The van der Waals surface area contributed by atoms with Crippen molar-refractivity contribution >= 4 is 22.6 Å². The van der Waals surface area contributed by atoms with Gasteiger partial charge in [0.25, 0.3) is 5.82 Å². The zero-order valence-corrected chi connectivity index (χ0v) is 6.13. The highest BCUT2D eigenvalue weighted by Crippen LogP contribution is 2.31. The molecule has 1 heterocycles. The Morgan fingerprint density at radius 2 is 2.22 bits per heavy atom. The van der Waals surface area contributed by atoms with E-state index in [0.717, 1.165) is 22.6 Å². The Morgan fingerprint density at radius 1 is 1.56 bits per heavy atom. The molecule has 1 rings (SSSR count). The molecule has 0 radical (unpaired) electrons. The van der Waals surface area contributed by atoms with Crippen molar-refractivity contribution in [2.75, 3.05) is 0 Å². The van der Waals surface area contributed by atoms with Crippen molar-refractivity contribution in [2.45, 2.75) is 3.93 Å². The van der Waals surface area contributed by atoms with E-state index in [0.29, 0.717) is 0 Å². The average molecular weight is 246 g/mol. The number of rotatable bonds is 1. The lowest BCUT2D eigenvalue weighted by Gasteiger charge is -1.98. The highest BCUT2D eigenvalue weighted by Gasteiger charge is 2.31. The van der Waals surface area contributed by atoms with E-state index in [1.165, 1.54) is 0 Å². The van der Waals surface area contributed by atoms with Gasteiger partial charge in [0.2, 0.25) is 0 Å². The van der Waals surface area contributed by atoms with Crippen molar-refractivity contribution in [1.29, 1.82) is 0 Å². The van der Waals surface area contributed by atoms with Gasteiger partial charge in [-0.1, -0.05) is 0 Å². The fourth-order valence-corrected chi connectivity index (χ4v) is 0.510. The maximum atomic E-state index is 12.1. The first-order chi connectivity index (χ1) is 4.11. The smallest absolute Gasteiger partial charge is 0.186 e. The van der Waals surface area contributed by atoms with E-state index in [2.05, 4.69) is 15.4 Å². The number of hydrogen-bond donors (Lipinski definition) is 1. The van der Waals surface area contributed by atoms with Gasteiger partial charge in [-0.25, -0.2) is 0 Å². The molecule has 0 amide bonds. The number of hydrogen-bond acceptors (Lipinski definition) is 3. The zero-order chi connectivity index (χ0) is 6.91. The molecule has 1 N–H and O–H groups in total. The van der Waals surface area contributed by atoms with Gasteiger partial charge >= 0.3 is 3.93 Å². The lowest BCUT2D eigenvalue weighted by molar-refractivity contribution is 0.116. The van der Waals surface area contributed by atoms with Crippen LogP contribution in [0.3, 0.4) is 0 Å². The summed E-state index contributed by atoms with van der Waals surface area (Å²) < 4.78 is 21.2. The topological polar surface area (TPSA) is 54.5 Å². The molecular weight excluding hydrogens is 245 g/mol. The summed E-state index contributed by atoms with van der Waals surface area (Å²) in [6, 6.07) is 0. The Labute approximate surface area is 62.2 Å². The molecule has 0 saturated carbocycles. The number of halogens is 3. The summed E-state index contributed by atoms with van der Waals surface area (Å²) in [7, 11) is 0. The van der Waals surface area contributed by atoms with Crippen LogP contribution in [0.5, 0.6) is 0 Å². The number of nitrogens with zero attached hydrogens (tertiary/aromatic N) is 3. The Hall–Kier alpha value is -0.340. The molecule has 0 bridgehead atoms. The van der Waals surface area contributed by atoms with Crippen molar-refractivity contribution in [3.63, 3.8) is 0 Å². The summed E-state index contributed by atoms with van der Waals surface area (Å²) in [6.45, 7) is 0. The van der Waals surface area contributed by atoms with Crippen LogP contribution in [0.1, 0.15) is 5.82 Å². The SMILES string of the molecule is FC(F)(I)c1nn[nH]n1. The number of nitrogens with one attached hydrogen (secondary N) is 1. The largest absolute Gasteiger partial charge is 0.358 e. The quantitative estimate of drug-likeness (QED) is 0.585. The van der Waals surface area contributed by atoms with Crippen LogP contribution in [0.4, 0.5) is 8.78 Å². The molecular formula is C2HF2IN4. The number of aromatic nitrogens is 4. The third-order valence-corrected chi connectivity index (χ3v) is 1.08. The lowest BCUT2D eigenvalue weighted by atomic mass is 10.7. The van der Waals surface area contributed by atoms with Gasteiger partial charge in [-0.05, 0) is 5.21 Å². The summed E-state index contributed by atoms with van der Waals surface area (Å²) in [4.78, 5) is 0. The second-order valence-corrected chi connectivity index (χ2v) is 2.59. The molecule has 9 heavy (non-hydrogen) atoms. The van der Waals surface area contributed by atoms with Crippen LogP contribution >= 0.6 is 22.6 Å². The first kappa shape index (κ1) is 6.78. The number of H-pyrrole nitrogens is 1. The van der Waals surface area contributed by atoms with Crippen molar-refractivity contribution in [1.82, 2.24) is 20.6 Å². The maximum absolute atomic E-state index is 12.1. The van der Waals surface area contributed by atoms with Gasteiger partial charge in [0.1, 0.15) is 0 Å². The van der Waals surface area contributed by atoms with E-state index in [1.807, 2.05) is 5.21 Å². The number of tetrazole rings is 1. The van der Waals surface area contributed by atoms with Gasteiger partial charge < -0.3 is 0 Å². The summed E-state index contributed by atoms with van der Waals surface area (Å²) in [5.41, 5.74) is 0. The molecule has 1 aromatic heterocycles. The summed E-state index contributed by atoms with van der Waals surface area (Å²) >= 11 is 0.921. The maximum Gasteiger partial charge on any atom is 0.358 e. The fourth-order valence-electron chi connectivity index (χ4n) is 0.282. The van der Waals surface area contributed by atoms with Crippen molar-refractivity contribution in [3.05, 3.63) is 5.82 Å². The minimum Gasteiger partial charge on any atom is -0.186 e. The predicted molar refractivity (Wildman–Crippen MR) is 32.1 cm³/mol. The molecule has 0 saturated heterocycles.